The van der Waals surface area contributed by atoms with E-state index in [1.54, 1.807) is 0 Å². The minimum Gasteiger partial charge on any atom is -0.381 e. The minimum atomic E-state index is -0.395. The van der Waals surface area contributed by atoms with Crippen LogP contribution in [0.5, 0.6) is 0 Å². The molecular weight excluding hydrogens is 553 g/mol. The molecule has 1 aromatic heterocycles. The average Bonchev–Trinajstić information content (AvgIpc) is 3.30. The number of nitrogens with one attached hydrogen (secondary N) is 1. The Kier molecular flexibility index (Phi) is 8.06. The fourth-order valence-corrected chi connectivity index (χ4v) is 8.09. The average molecular weight is 602 g/mol. The van der Waals surface area contributed by atoms with Gasteiger partial charge in [0.2, 0.25) is 5.95 Å². The molecule has 0 amide bonds. The Labute approximate surface area is 261 Å². The number of hydrogen-bond acceptors (Lipinski definition) is 6. The molecule has 4 saturated heterocycles. The van der Waals surface area contributed by atoms with Gasteiger partial charge in [-0.05, 0) is 100 Å². The normalized spacial score (nSPS) is 24.1. The Balaban J connectivity index is 1.21. The van der Waals surface area contributed by atoms with Gasteiger partial charge >= 0.3 is 0 Å². The number of piperazine rings is 1. The largest absolute Gasteiger partial charge is 0.381 e. The van der Waals surface area contributed by atoms with Crippen molar-refractivity contribution in [2.45, 2.75) is 76.7 Å². The number of halogens is 1. The molecule has 0 aliphatic carbocycles. The van der Waals surface area contributed by atoms with E-state index in [2.05, 4.69) is 90.4 Å². The molecule has 7 nitrogen and oxygen atoms in total. The van der Waals surface area contributed by atoms with Gasteiger partial charge in [-0.3, -0.25) is 9.58 Å². The molecule has 5 heterocycles. The molecule has 4 aliphatic heterocycles. The van der Waals surface area contributed by atoms with E-state index < -0.39 is 5.95 Å². The number of nitrogens with zero attached hydrogens (tertiary/aromatic N) is 4. The predicted octanol–water partition coefficient (Wildman–Crippen LogP) is 6.04. The first-order valence-corrected chi connectivity index (χ1v) is 16.6. The molecule has 1 N–H and O–H groups in total. The molecule has 0 spiro atoms. The lowest BCUT2D eigenvalue weighted by molar-refractivity contribution is -0.166. The Hall–Kier alpha value is -2.78. The van der Waals surface area contributed by atoms with Crippen LogP contribution in [-0.2, 0) is 9.47 Å². The maximum atomic E-state index is 15.4. The Bertz CT molecular complexity index is 1480. The van der Waals surface area contributed by atoms with Crippen molar-refractivity contribution < 1.29 is 13.9 Å². The summed E-state index contributed by atoms with van der Waals surface area (Å²) in [6.45, 7) is 16.7. The van der Waals surface area contributed by atoms with E-state index in [-0.39, 0.29) is 17.2 Å². The maximum absolute atomic E-state index is 15.4. The van der Waals surface area contributed by atoms with Crippen LogP contribution in [0.15, 0.2) is 48.5 Å². The quantitative estimate of drug-likeness (QED) is 0.372. The summed E-state index contributed by atoms with van der Waals surface area (Å²) in [5.74, 6) is -0.0591. The zero-order valence-corrected chi connectivity index (χ0v) is 26.8. The van der Waals surface area contributed by atoms with Crippen molar-refractivity contribution in [1.29, 1.82) is 0 Å². The fourth-order valence-electron chi connectivity index (χ4n) is 8.09. The molecule has 0 atom stereocenters. The summed E-state index contributed by atoms with van der Waals surface area (Å²) < 4.78 is 29.3. The van der Waals surface area contributed by atoms with Crippen LogP contribution in [-0.4, -0.2) is 84.4 Å². The predicted molar refractivity (Wildman–Crippen MR) is 175 cm³/mol. The molecule has 4 aliphatic rings. The Morgan fingerprint density at radius 2 is 1.55 bits per heavy atom. The van der Waals surface area contributed by atoms with E-state index in [0.717, 1.165) is 87.2 Å². The third-order valence-corrected chi connectivity index (χ3v) is 10.1. The van der Waals surface area contributed by atoms with Gasteiger partial charge in [-0.25, -0.2) is 0 Å². The second-order valence-electron chi connectivity index (χ2n) is 14.6. The number of hydrogen-bond donors (Lipinski definition) is 1. The molecule has 0 bridgehead atoms. The zero-order chi connectivity index (χ0) is 30.5. The van der Waals surface area contributed by atoms with Gasteiger partial charge in [-0.1, -0.05) is 24.3 Å². The van der Waals surface area contributed by atoms with Crippen molar-refractivity contribution in [3.05, 3.63) is 65.6 Å². The van der Waals surface area contributed by atoms with Crippen molar-refractivity contribution in [2.24, 2.45) is 5.92 Å². The molecule has 8 heteroatoms. The highest BCUT2D eigenvalue weighted by molar-refractivity contribution is 5.88. The number of anilines is 1. The van der Waals surface area contributed by atoms with E-state index in [0.29, 0.717) is 30.6 Å². The maximum Gasteiger partial charge on any atom is 0.240 e. The van der Waals surface area contributed by atoms with Gasteiger partial charge in [0.1, 0.15) is 0 Å². The summed E-state index contributed by atoms with van der Waals surface area (Å²) in [4.78, 5) is 5.13. The lowest BCUT2D eigenvalue weighted by Crippen LogP contribution is -2.61. The molecule has 44 heavy (non-hydrogen) atoms. The first kappa shape index (κ1) is 29.9. The molecule has 0 radical (unpaired) electrons. The van der Waals surface area contributed by atoms with Crippen LogP contribution in [0.2, 0.25) is 0 Å². The second-order valence-corrected chi connectivity index (χ2v) is 14.6. The molecule has 7 rings (SSSR count). The Morgan fingerprint density at radius 1 is 0.886 bits per heavy atom. The zero-order valence-electron chi connectivity index (χ0n) is 26.8. The summed E-state index contributed by atoms with van der Waals surface area (Å²) in [6.07, 6.45) is 6.03. The highest BCUT2D eigenvalue weighted by Crippen LogP contribution is 2.41. The summed E-state index contributed by atoms with van der Waals surface area (Å²) in [6, 6.07) is 16.2. The molecule has 3 aromatic rings. The fraction of sp³-hybridized carbons (Fsp3) is 0.583. The first-order chi connectivity index (χ1) is 21.1. The smallest absolute Gasteiger partial charge is 0.240 e. The van der Waals surface area contributed by atoms with Crippen LogP contribution in [0.3, 0.4) is 0 Å². The number of aromatic nitrogens is 2. The highest BCUT2D eigenvalue weighted by atomic mass is 19.1. The molecule has 0 unspecified atom stereocenters. The van der Waals surface area contributed by atoms with Crippen molar-refractivity contribution >= 4 is 22.2 Å². The summed E-state index contributed by atoms with van der Waals surface area (Å²) in [7, 11) is 0. The van der Waals surface area contributed by atoms with Crippen molar-refractivity contribution in [3.8, 4) is 0 Å². The van der Waals surface area contributed by atoms with Gasteiger partial charge in [0.25, 0.3) is 0 Å². The standard InChI is InChI=1S/C36H48FN5O2/c1-35(2)21-25(22-36(3,4)44-35)19-31(26-5-8-28(9-6-26)40-13-15-41(16-14-40)30-23-38-24-30)27-7-10-33-32(20-27)34(37)39-42(33)29-11-17-43-18-12-29/h5-10,19-20,25,29-30,38H,11-18,21-24H2,1-4H3. The summed E-state index contributed by atoms with van der Waals surface area (Å²) in [5.41, 5.74) is 5.04. The van der Waals surface area contributed by atoms with Crippen molar-refractivity contribution in [3.63, 3.8) is 0 Å². The SMILES string of the molecule is CC1(C)CC(C=C(c2ccc(N3CCN(C4CNC4)CC3)cc2)c2ccc3c(c2)c(F)nn3C2CCOCC2)CC(C)(C)O1. The van der Waals surface area contributed by atoms with Gasteiger partial charge in [0.15, 0.2) is 0 Å². The topological polar surface area (TPSA) is 54.8 Å². The number of fused-ring (bicyclic) bond motifs is 1. The number of benzene rings is 2. The Morgan fingerprint density at radius 3 is 2.18 bits per heavy atom. The lowest BCUT2D eigenvalue weighted by atomic mass is 9.79. The second kappa shape index (κ2) is 11.9. The number of allylic oxidation sites excluding steroid dienone is 1. The lowest BCUT2D eigenvalue weighted by Gasteiger charge is -2.45. The van der Waals surface area contributed by atoms with Crippen LogP contribution < -0.4 is 10.2 Å². The molecule has 2 aromatic carbocycles. The third kappa shape index (κ3) is 6.19. The number of rotatable bonds is 6. The number of ether oxygens (including phenoxy) is 2. The third-order valence-electron chi connectivity index (χ3n) is 10.1. The van der Waals surface area contributed by atoms with E-state index in [4.69, 9.17) is 9.47 Å². The van der Waals surface area contributed by atoms with Crippen LogP contribution in [0.1, 0.15) is 70.5 Å². The minimum absolute atomic E-state index is 0.170. The van der Waals surface area contributed by atoms with E-state index in [9.17, 15) is 0 Å². The van der Waals surface area contributed by atoms with Crippen LogP contribution in [0, 0.1) is 11.9 Å². The van der Waals surface area contributed by atoms with Gasteiger partial charge in [-0.15, -0.1) is 5.10 Å². The summed E-state index contributed by atoms with van der Waals surface area (Å²) >= 11 is 0. The van der Waals surface area contributed by atoms with Crippen LogP contribution in [0.4, 0.5) is 10.1 Å². The highest BCUT2D eigenvalue weighted by Gasteiger charge is 2.38. The molecule has 4 fully saturated rings. The van der Waals surface area contributed by atoms with E-state index in [1.807, 2.05) is 10.7 Å². The first-order valence-electron chi connectivity index (χ1n) is 16.6. The van der Waals surface area contributed by atoms with E-state index in [1.165, 1.54) is 5.69 Å². The molecule has 236 valence electrons. The van der Waals surface area contributed by atoms with Gasteiger partial charge in [0, 0.05) is 64.2 Å². The van der Waals surface area contributed by atoms with Crippen LogP contribution in [0.25, 0.3) is 16.5 Å². The summed E-state index contributed by atoms with van der Waals surface area (Å²) in [5, 5.41) is 8.36. The van der Waals surface area contributed by atoms with Gasteiger partial charge in [0.05, 0.1) is 28.1 Å². The van der Waals surface area contributed by atoms with Gasteiger partial charge < -0.3 is 19.7 Å². The van der Waals surface area contributed by atoms with E-state index >= 15 is 4.39 Å². The van der Waals surface area contributed by atoms with Crippen LogP contribution >= 0.6 is 0 Å². The molecular formula is C36H48FN5O2. The molecule has 0 saturated carbocycles. The van der Waals surface area contributed by atoms with Gasteiger partial charge in [-0.2, -0.15) is 4.39 Å². The monoisotopic (exact) mass is 601 g/mol. The van der Waals surface area contributed by atoms with Crippen molar-refractivity contribution in [2.75, 3.05) is 57.4 Å². The van der Waals surface area contributed by atoms with Crippen molar-refractivity contribution in [1.82, 2.24) is 20.0 Å².